The quantitative estimate of drug-likeness (QED) is 0.265. The van der Waals surface area contributed by atoms with Crippen molar-refractivity contribution in [2.24, 2.45) is 10.9 Å². The van der Waals surface area contributed by atoms with Gasteiger partial charge in [0.1, 0.15) is 5.75 Å². The van der Waals surface area contributed by atoms with Gasteiger partial charge in [-0.3, -0.25) is 4.99 Å². The molecule has 2 N–H and O–H groups in total. The minimum Gasteiger partial charge on any atom is -0.497 e. The van der Waals surface area contributed by atoms with Crippen LogP contribution in [0.2, 0.25) is 0 Å². The van der Waals surface area contributed by atoms with Gasteiger partial charge in [0.2, 0.25) is 0 Å². The van der Waals surface area contributed by atoms with Crippen LogP contribution in [0.25, 0.3) is 0 Å². The van der Waals surface area contributed by atoms with Crippen LogP contribution in [0, 0.1) is 12.8 Å². The van der Waals surface area contributed by atoms with Crippen molar-refractivity contribution in [1.82, 2.24) is 10.6 Å². The number of guanidine groups is 1. The Balaban J connectivity index is 0.00000288. The van der Waals surface area contributed by atoms with E-state index in [2.05, 4.69) is 28.6 Å². The van der Waals surface area contributed by atoms with E-state index in [4.69, 9.17) is 9.47 Å². The fourth-order valence-electron chi connectivity index (χ4n) is 2.37. The van der Waals surface area contributed by atoms with Crippen molar-refractivity contribution in [1.29, 1.82) is 0 Å². The van der Waals surface area contributed by atoms with Gasteiger partial charge < -0.3 is 20.1 Å². The van der Waals surface area contributed by atoms with E-state index in [-0.39, 0.29) is 24.0 Å². The Morgan fingerprint density at radius 2 is 2.04 bits per heavy atom. The average molecular weight is 447 g/mol. The molecule has 1 aliphatic carbocycles. The molecule has 0 radical (unpaired) electrons. The number of nitrogens with one attached hydrogen (secondary N) is 2. The molecule has 24 heavy (non-hydrogen) atoms. The number of hydrogen-bond donors (Lipinski definition) is 2. The van der Waals surface area contributed by atoms with E-state index in [1.807, 2.05) is 12.1 Å². The first-order chi connectivity index (χ1) is 11.2. The lowest BCUT2D eigenvalue weighted by Gasteiger charge is -2.13. The highest BCUT2D eigenvalue weighted by Gasteiger charge is 2.20. The smallest absolute Gasteiger partial charge is 0.191 e. The van der Waals surface area contributed by atoms with Crippen molar-refractivity contribution in [2.45, 2.75) is 32.7 Å². The van der Waals surface area contributed by atoms with Crippen molar-refractivity contribution in [2.75, 3.05) is 33.9 Å². The molecule has 0 unspecified atom stereocenters. The third kappa shape index (κ3) is 8.19. The Bertz CT molecular complexity index is 519. The SMILES string of the molecule is CN=C(NCCCOCC1CC1)NCc1cc(C)cc(OC)c1.I. The first kappa shape index (κ1) is 21.0. The second-order valence-electron chi connectivity index (χ2n) is 6.08. The maximum Gasteiger partial charge on any atom is 0.191 e. The first-order valence-corrected chi connectivity index (χ1v) is 8.38. The van der Waals surface area contributed by atoms with Crippen LogP contribution in [-0.4, -0.2) is 39.9 Å². The maximum absolute atomic E-state index is 5.63. The lowest BCUT2D eigenvalue weighted by molar-refractivity contribution is 0.123. The zero-order valence-corrected chi connectivity index (χ0v) is 17.3. The molecule has 0 bridgehead atoms. The standard InChI is InChI=1S/C18H29N3O2.HI/c1-14-9-16(11-17(10-14)22-3)12-21-18(19-2)20-7-4-8-23-13-15-5-6-15;/h9-11,15H,4-8,12-13H2,1-3H3,(H2,19,20,21);1H. The van der Waals surface area contributed by atoms with Crippen LogP contribution in [0.3, 0.4) is 0 Å². The molecule has 0 aliphatic heterocycles. The first-order valence-electron chi connectivity index (χ1n) is 8.38. The predicted molar refractivity (Wildman–Crippen MR) is 110 cm³/mol. The molecule has 1 fully saturated rings. The lowest BCUT2D eigenvalue weighted by Crippen LogP contribution is -2.37. The number of hydrogen-bond acceptors (Lipinski definition) is 3. The van der Waals surface area contributed by atoms with Gasteiger partial charge in [-0.05, 0) is 55.4 Å². The highest BCUT2D eigenvalue weighted by Crippen LogP contribution is 2.28. The molecule has 0 heterocycles. The molecular formula is C18H30IN3O2. The van der Waals surface area contributed by atoms with Crippen LogP contribution in [0.4, 0.5) is 0 Å². The van der Waals surface area contributed by atoms with Crippen LogP contribution in [-0.2, 0) is 11.3 Å². The summed E-state index contributed by atoms with van der Waals surface area (Å²) < 4.78 is 10.9. The van der Waals surface area contributed by atoms with Gasteiger partial charge in [0.05, 0.1) is 7.11 Å². The molecule has 0 amide bonds. The Morgan fingerprint density at radius 3 is 2.71 bits per heavy atom. The number of rotatable bonds is 9. The lowest BCUT2D eigenvalue weighted by atomic mass is 10.1. The molecule has 1 aromatic rings. The fraction of sp³-hybridized carbons (Fsp3) is 0.611. The van der Waals surface area contributed by atoms with Gasteiger partial charge in [0, 0.05) is 33.4 Å². The number of halogens is 1. The molecule has 0 saturated heterocycles. The molecule has 0 aromatic heterocycles. The highest BCUT2D eigenvalue weighted by molar-refractivity contribution is 14.0. The van der Waals surface area contributed by atoms with Gasteiger partial charge in [0.15, 0.2) is 5.96 Å². The van der Waals surface area contributed by atoms with Crippen molar-refractivity contribution >= 4 is 29.9 Å². The third-order valence-corrected chi connectivity index (χ3v) is 3.84. The summed E-state index contributed by atoms with van der Waals surface area (Å²) >= 11 is 0. The monoisotopic (exact) mass is 447 g/mol. The van der Waals surface area contributed by atoms with Crippen LogP contribution in [0.15, 0.2) is 23.2 Å². The van der Waals surface area contributed by atoms with E-state index in [1.165, 1.54) is 24.0 Å². The summed E-state index contributed by atoms with van der Waals surface area (Å²) in [6.07, 6.45) is 3.68. The van der Waals surface area contributed by atoms with Crippen molar-refractivity contribution < 1.29 is 9.47 Å². The number of benzene rings is 1. The number of aryl methyl sites for hydroxylation is 1. The summed E-state index contributed by atoms with van der Waals surface area (Å²) in [5.41, 5.74) is 2.37. The Kier molecular flexibility index (Phi) is 10.1. The summed E-state index contributed by atoms with van der Waals surface area (Å²) in [4.78, 5) is 4.25. The van der Waals surface area contributed by atoms with Crippen molar-refractivity contribution in [3.8, 4) is 5.75 Å². The predicted octanol–water partition coefficient (Wildman–Crippen LogP) is 3.10. The molecule has 0 atom stereocenters. The molecule has 5 nitrogen and oxygen atoms in total. The van der Waals surface area contributed by atoms with Gasteiger partial charge in [0.25, 0.3) is 0 Å². The van der Waals surface area contributed by atoms with Crippen molar-refractivity contribution in [3.63, 3.8) is 0 Å². The summed E-state index contributed by atoms with van der Waals surface area (Å²) in [5, 5.41) is 6.64. The Labute approximate surface area is 162 Å². The van der Waals surface area contributed by atoms with Gasteiger partial charge in [-0.1, -0.05) is 6.07 Å². The topological polar surface area (TPSA) is 54.9 Å². The number of methoxy groups -OCH3 is 1. The van der Waals surface area contributed by atoms with Gasteiger partial charge in [-0.2, -0.15) is 0 Å². The summed E-state index contributed by atoms with van der Waals surface area (Å²) in [6, 6.07) is 6.21. The van der Waals surface area contributed by atoms with Gasteiger partial charge in [-0.15, -0.1) is 24.0 Å². The molecule has 2 rings (SSSR count). The van der Waals surface area contributed by atoms with Gasteiger partial charge >= 0.3 is 0 Å². The summed E-state index contributed by atoms with van der Waals surface area (Å²) in [7, 11) is 3.48. The molecular weight excluding hydrogens is 417 g/mol. The zero-order valence-electron chi connectivity index (χ0n) is 14.9. The van der Waals surface area contributed by atoms with Crippen molar-refractivity contribution in [3.05, 3.63) is 29.3 Å². The van der Waals surface area contributed by atoms with E-state index in [0.29, 0.717) is 0 Å². The Hall–Kier alpha value is -1.02. The summed E-state index contributed by atoms with van der Waals surface area (Å²) in [6.45, 7) is 5.40. The molecule has 1 aromatic carbocycles. The normalized spacial score (nSPS) is 14.0. The van der Waals surface area contributed by atoms with E-state index in [9.17, 15) is 0 Å². The van der Waals surface area contributed by atoms with Crippen LogP contribution >= 0.6 is 24.0 Å². The minimum absolute atomic E-state index is 0. The summed E-state index contributed by atoms with van der Waals surface area (Å²) in [5.74, 6) is 2.54. The number of ether oxygens (including phenoxy) is 2. The second-order valence-corrected chi connectivity index (χ2v) is 6.08. The molecule has 6 heteroatoms. The zero-order chi connectivity index (χ0) is 16.5. The third-order valence-electron chi connectivity index (χ3n) is 3.84. The highest BCUT2D eigenvalue weighted by atomic mass is 127. The van der Waals surface area contributed by atoms with Crippen LogP contribution < -0.4 is 15.4 Å². The van der Waals surface area contributed by atoms with Crippen LogP contribution in [0.1, 0.15) is 30.4 Å². The maximum atomic E-state index is 5.63. The largest absolute Gasteiger partial charge is 0.497 e. The van der Waals surface area contributed by atoms with E-state index in [0.717, 1.165) is 50.4 Å². The fourth-order valence-corrected chi connectivity index (χ4v) is 2.37. The van der Waals surface area contributed by atoms with E-state index >= 15 is 0 Å². The molecule has 0 spiro atoms. The van der Waals surface area contributed by atoms with E-state index in [1.54, 1.807) is 14.2 Å². The van der Waals surface area contributed by atoms with Gasteiger partial charge in [-0.25, -0.2) is 0 Å². The average Bonchev–Trinajstić information content (AvgIpc) is 3.37. The molecule has 136 valence electrons. The second kappa shape index (κ2) is 11.5. The number of nitrogens with zero attached hydrogens (tertiary/aromatic N) is 1. The number of aliphatic imine (C=N–C) groups is 1. The Morgan fingerprint density at radius 1 is 1.25 bits per heavy atom. The molecule has 1 saturated carbocycles. The van der Waals surface area contributed by atoms with E-state index < -0.39 is 0 Å². The van der Waals surface area contributed by atoms with Crippen LogP contribution in [0.5, 0.6) is 5.75 Å². The molecule has 1 aliphatic rings. The minimum atomic E-state index is 0.